The van der Waals surface area contributed by atoms with Gasteiger partial charge in [0, 0.05) is 22.7 Å². The van der Waals surface area contributed by atoms with Gasteiger partial charge < -0.3 is 4.74 Å². The molecule has 5 rings (SSSR count). The molecule has 0 aliphatic heterocycles. The second-order valence-electron chi connectivity index (χ2n) is 7.37. The van der Waals surface area contributed by atoms with E-state index >= 15 is 0 Å². The van der Waals surface area contributed by atoms with Crippen molar-refractivity contribution in [3.8, 4) is 0 Å². The summed E-state index contributed by atoms with van der Waals surface area (Å²) < 4.78 is 8.47. The normalized spacial score (nSPS) is 13.8. The predicted molar refractivity (Wildman–Crippen MR) is 114 cm³/mol. The molecule has 0 amide bonds. The Morgan fingerprint density at radius 1 is 1.10 bits per heavy atom. The molecule has 4 aromatic rings. The highest BCUT2D eigenvalue weighted by molar-refractivity contribution is 7.17. The number of nitrogens with zero attached hydrogens (tertiary/aromatic N) is 2. The minimum absolute atomic E-state index is 0.00814. The van der Waals surface area contributed by atoms with E-state index < -0.39 is 0 Å². The Labute approximate surface area is 171 Å². The van der Waals surface area contributed by atoms with E-state index in [0.29, 0.717) is 23.1 Å². The van der Waals surface area contributed by atoms with E-state index in [2.05, 4.69) is 11.1 Å². The Morgan fingerprint density at radius 3 is 2.69 bits per heavy atom. The molecule has 1 saturated carbocycles. The van der Waals surface area contributed by atoms with Crippen LogP contribution in [0.25, 0.3) is 21.0 Å². The maximum Gasteiger partial charge on any atom is 0.306 e. The number of rotatable bonds is 6. The van der Waals surface area contributed by atoms with Crippen LogP contribution < -0.4 is 5.56 Å². The van der Waals surface area contributed by atoms with Crippen LogP contribution in [0, 0.1) is 0 Å². The quantitative estimate of drug-likeness (QED) is 0.440. The SMILES string of the molecule is O=C(CCc1nc2ccccc2c(=O)n1C1CC1)OCc1csc2ccccc12. The van der Waals surface area contributed by atoms with Crippen molar-refractivity contribution >= 4 is 38.3 Å². The molecule has 2 aromatic carbocycles. The van der Waals surface area contributed by atoms with Gasteiger partial charge in [-0.25, -0.2) is 4.98 Å². The number of aromatic nitrogens is 2. The number of fused-ring (bicyclic) bond motifs is 2. The number of thiophene rings is 1. The molecule has 0 saturated heterocycles. The second kappa shape index (κ2) is 7.44. The largest absolute Gasteiger partial charge is 0.461 e. The zero-order chi connectivity index (χ0) is 19.8. The number of esters is 1. The summed E-state index contributed by atoms with van der Waals surface area (Å²) in [5, 5.41) is 3.80. The van der Waals surface area contributed by atoms with Crippen LogP contribution in [-0.4, -0.2) is 15.5 Å². The minimum Gasteiger partial charge on any atom is -0.461 e. The molecule has 146 valence electrons. The van der Waals surface area contributed by atoms with E-state index in [1.165, 1.54) is 4.70 Å². The van der Waals surface area contributed by atoms with Gasteiger partial charge in [0.15, 0.2) is 0 Å². The fourth-order valence-corrected chi connectivity index (χ4v) is 4.61. The number of hydrogen-bond donors (Lipinski definition) is 0. The van der Waals surface area contributed by atoms with Crippen LogP contribution in [0.3, 0.4) is 0 Å². The van der Waals surface area contributed by atoms with Crippen LogP contribution in [0.5, 0.6) is 0 Å². The first-order chi connectivity index (χ1) is 14.2. The predicted octanol–water partition coefficient (Wildman–Crippen LogP) is 4.62. The highest BCUT2D eigenvalue weighted by Crippen LogP contribution is 2.35. The molecule has 0 radical (unpaired) electrons. The molecule has 0 spiro atoms. The molecule has 2 aromatic heterocycles. The third kappa shape index (κ3) is 3.56. The van der Waals surface area contributed by atoms with Crippen molar-refractivity contribution in [1.82, 2.24) is 9.55 Å². The zero-order valence-electron chi connectivity index (χ0n) is 15.8. The zero-order valence-corrected chi connectivity index (χ0v) is 16.7. The highest BCUT2D eigenvalue weighted by atomic mass is 32.1. The molecule has 2 heterocycles. The van der Waals surface area contributed by atoms with Gasteiger partial charge >= 0.3 is 5.97 Å². The second-order valence-corrected chi connectivity index (χ2v) is 8.28. The van der Waals surface area contributed by atoms with Gasteiger partial charge in [-0.2, -0.15) is 0 Å². The smallest absolute Gasteiger partial charge is 0.306 e. The van der Waals surface area contributed by atoms with Gasteiger partial charge in [-0.05, 0) is 41.8 Å². The number of para-hydroxylation sites is 1. The van der Waals surface area contributed by atoms with Crippen molar-refractivity contribution in [3.63, 3.8) is 0 Å². The molecular formula is C23H20N2O3S. The van der Waals surface area contributed by atoms with E-state index in [1.54, 1.807) is 15.9 Å². The van der Waals surface area contributed by atoms with Crippen molar-refractivity contribution in [1.29, 1.82) is 0 Å². The number of carbonyl (C=O) groups excluding carboxylic acids is 1. The van der Waals surface area contributed by atoms with Crippen molar-refractivity contribution in [3.05, 3.63) is 75.7 Å². The van der Waals surface area contributed by atoms with Crippen LogP contribution in [-0.2, 0) is 22.6 Å². The number of benzene rings is 2. The van der Waals surface area contributed by atoms with Crippen molar-refractivity contribution in [2.45, 2.75) is 38.3 Å². The number of hydrogen-bond acceptors (Lipinski definition) is 5. The Bertz CT molecular complexity index is 1270. The average molecular weight is 404 g/mol. The van der Waals surface area contributed by atoms with Crippen molar-refractivity contribution in [2.75, 3.05) is 0 Å². The molecule has 0 N–H and O–H groups in total. The first-order valence-corrected chi connectivity index (χ1v) is 10.7. The van der Waals surface area contributed by atoms with Crippen molar-refractivity contribution in [2.24, 2.45) is 0 Å². The van der Waals surface area contributed by atoms with E-state index in [4.69, 9.17) is 4.74 Å². The van der Waals surface area contributed by atoms with Gasteiger partial charge in [-0.3, -0.25) is 14.2 Å². The van der Waals surface area contributed by atoms with Crippen molar-refractivity contribution < 1.29 is 9.53 Å². The minimum atomic E-state index is -0.273. The molecular weight excluding hydrogens is 384 g/mol. The fraction of sp³-hybridized carbons (Fsp3) is 0.261. The summed E-state index contributed by atoms with van der Waals surface area (Å²) in [6.45, 7) is 0.267. The van der Waals surface area contributed by atoms with Crippen LogP contribution in [0.1, 0.15) is 36.7 Å². The van der Waals surface area contributed by atoms with E-state index in [9.17, 15) is 9.59 Å². The Kier molecular flexibility index (Phi) is 4.64. The molecule has 6 heteroatoms. The van der Waals surface area contributed by atoms with Crippen LogP contribution in [0.2, 0.25) is 0 Å². The highest BCUT2D eigenvalue weighted by Gasteiger charge is 2.28. The maximum atomic E-state index is 12.9. The summed E-state index contributed by atoms with van der Waals surface area (Å²) in [4.78, 5) is 29.9. The average Bonchev–Trinajstić information content (AvgIpc) is 3.50. The summed E-state index contributed by atoms with van der Waals surface area (Å²) in [6, 6.07) is 15.7. The van der Waals surface area contributed by atoms with Gasteiger partial charge in [0.05, 0.1) is 17.3 Å². The monoisotopic (exact) mass is 404 g/mol. The Morgan fingerprint density at radius 2 is 1.86 bits per heavy atom. The molecule has 1 aliphatic rings. The van der Waals surface area contributed by atoms with Gasteiger partial charge in [0.1, 0.15) is 12.4 Å². The summed E-state index contributed by atoms with van der Waals surface area (Å²) in [6.07, 6.45) is 2.59. The molecule has 1 aliphatic carbocycles. The number of ether oxygens (including phenoxy) is 1. The molecule has 0 atom stereocenters. The van der Waals surface area contributed by atoms with Gasteiger partial charge in [-0.15, -0.1) is 11.3 Å². The molecule has 0 bridgehead atoms. The summed E-state index contributed by atoms with van der Waals surface area (Å²) in [5.41, 5.74) is 1.70. The molecule has 5 nitrogen and oxygen atoms in total. The Balaban J connectivity index is 1.31. The van der Waals surface area contributed by atoms with Crippen LogP contribution in [0.4, 0.5) is 0 Å². The fourth-order valence-electron chi connectivity index (χ4n) is 3.67. The van der Waals surface area contributed by atoms with E-state index in [0.717, 1.165) is 23.8 Å². The topological polar surface area (TPSA) is 61.2 Å². The van der Waals surface area contributed by atoms with Gasteiger partial charge in [0.2, 0.25) is 0 Å². The molecule has 0 unspecified atom stereocenters. The lowest BCUT2D eigenvalue weighted by Gasteiger charge is -2.12. The third-order valence-electron chi connectivity index (χ3n) is 5.30. The van der Waals surface area contributed by atoms with Gasteiger partial charge in [0.25, 0.3) is 5.56 Å². The molecule has 29 heavy (non-hydrogen) atoms. The van der Waals surface area contributed by atoms with Gasteiger partial charge in [-0.1, -0.05) is 30.3 Å². The third-order valence-corrected chi connectivity index (χ3v) is 6.31. The Hall–Kier alpha value is -2.99. The molecule has 1 fully saturated rings. The van der Waals surface area contributed by atoms with Crippen LogP contribution in [0.15, 0.2) is 58.7 Å². The number of carbonyl (C=O) groups is 1. The van der Waals surface area contributed by atoms with Crippen LogP contribution >= 0.6 is 11.3 Å². The summed E-state index contributed by atoms with van der Waals surface area (Å²) in [5.74, 6) is 0.402. The summed E-state index contributed by atoms with van der Waals surface area (Å²) in [7, 11) is 0. The lowest BCUT2D eigenvalue weighted by Crippen LogP contribution is -2.25. The maximum absolute atomic E-state index is 12.9. The lowest BCUT2D eigenvalue weighted by atomic mass is 10.2. The summed E-state index contributed by atoms with van der Waals surface area (Å²) >= 11 is 1.65. The van der Waals surface area contributed by atoms with E-state index in [1.807, 2.05) is 47.8 Å². The number of aryl methyl sites for hydroxylation is 1. The lowest BCUT2D eigenvalue weighted by molar-refractivity contribution is -0.144. The standard InChI is InChI=1S/C23H20N2O3S/c26-22(28-13-15-14-29-20-8-4-2-5-17(15)20)12-11-21-24-19-7-3-1-6-18(19)23(27)25(21)16-9-10-16/h1-8,14,16H,9-13H2. The first-order valence-electron chi connectivity index (χ1n) is 9.81. The van der Waals surface area contributed by atoms with E-state index in [-0.39, 0.29) is 30.6 Å². The first kappa shape index (κ1) is 18.1.